The maximum absolute atomic E-state index is 11.6. The van der Waals surface area contributed by atoms with Gasteiger partial charge in [-0.05, 0) is 39.3 Å². The van der Waals surface area contributed by atoms with E-state index in [2.05, 4.69) is 17.2 Å². The summed E-state index contributed by atoms with van der Waals surface area (Å²) in [4.78, 5) is 11.6. The molecule has 0 aromatic heterocycles. The summed E-state index contributed by atoms with van der Waals surface area (Å²) >= 11 is 0. The number of alkyl carbamates (subject to hydrolysis) is 1. The van der Waals surface area contributed by atoms with Gasteiger partial charge >= 0.3 is 6.09 Å². The van der Waals surface area contributed by atoms with Crippen molar-refractivity contribution in [1.82, 2.24) is 10.6 Å². The van der Waals surface area contributed by atoms with Crippen LogP contribution in [0.3, 0.4) is 0 Å². The highest BCUT2D eigenvalue weighted by atomic mass is 16.6. The molecule has 0 aliphatic rings. The SMILES string of the molecule is C=C/C=C(\CC)N/C(=C\CO)CNC(=O)OC(C)(C)C. The van der Waals surface area contributed by atoms with Crippen LogP contribution in [0.2, 0.25) is 0 Å². The summed E-state index contributed by atoms with van der Waals surface area (Å²) in [6.45, 7) is 11.2. The summed E-state index contributed by atoms with van der Waals surface area (Å²) in [7, 11) is 0. The Bertz CT molecular complexity index is 379. The summed E-state index contributed by atoms with van der Waals surface area (Å²) in [6, 6.07) is 0. The first-order chi connectivity index (χ1) is 9.32. The molecule has 0 spiro atoms. The number of ether oxygens (including phenoxy) is 1. The summed E-state index contributed by atoms with van der Waals surface area (Å²) in [5, 5.41) is 14.8. The summed E-state index contributed by atoms with van der Waals surface area (Å²) < 4.78 is 5.15. The van der Waals surface area contributed by atoms with Gasteiger partial charge in [-0.15, -0.1) is 0 Å². The van der Waals surface area contributed by atoms with Crippen molar-refractivity contribution in [1.29, 1.82) is 0 Å². The van der Waals surface area contributed by atoms with Gasteiger partial charge in [0, 0.05) is 11.4 Å². The van der Waals surface area contributed by atoms with Gasteiger partial charge in [0.1, 0.15) is 5.60 Å². The Morgan fingerprint density at radius 3 is 2.45 bits per heavy atom. The number of carbonyl (C=O) groups is 1. The molecule has 0 aliphatic heterocycles. The van der Waals surface area contributed by atoms with Crippen LogP contribution in [-0.4, -0.2) is 30.0 Å². The molecule has 0 aliphatic carbocycles. The molecule has 0 unspecified atom stereocenters. The lowest BCUT2D eigenvalue weighted by atomic mass is 10.2. The molecule has 0 radical (unpaired) electrons. The van der Waals surface area contributed by atoms with Crippen LogP contribution in [0.15, 0.2) is 36.2 Å². The van der Waals surface area contributed by atoms with E-state index in [1.54, 1.807) is 32.9 Å². The van der Waals surface area contributed by atoms with E-state index in [0.29, 0.717) is 5.70 Å². The molecule has 0 saturated carbocycles. The maximum atomic E-state index is 11.6. The topological polar surface area (TPSA) is 70.6 Å². The average Bonchev–Trinajstić information content (AvgIpc) is 2.33. The molecule has 0 saturated heterocycles. The molecule has 20 heavy (non-hydrogen) atoms. The Morgan fingerprint density at radius 2 is 2.00 bits per heavy atom. The van der Waals surface area contributed by atoms with Crippen LogP contribution in [-0.2, 0) is 4.74 Å². The summed E-state index contributed by atoms with van der Waals surface area (Å²) in [6.07, 6.45) is 5.43. The molecule has 5 nitrogen and oxygen atoms in total. The van der Waals surface area contributed by atoms with Crippen LogP contribution in [0.1, 0.15) is 34.1 Å². The third-order valence-electron chi connectivity index (χ3n) is 2.18. The second kappa shape index (κ2) is 9.20. The van der Waals surface area contributed by atoms with Crippen molar-refractivity contribution < 1.29 is 14.6 Å². The number of rotatable bonds is 7. The third-order valence-corrected chi connectivity index (χ3v) is 2.18. The number of aliphatic hydroxyl groups is 1. The quantitative estimate of drug-likeness (QED) is 0.627. The molecule has 0 atom stereocenters. The number of allylic oxidation sites excluding steroid dienone is 3. The van der Waals surface area contributed by atoms with Gasteiger partial charge in [-0.25, -0.2) is 4.79 Å². The first-order valence-electron chi connectivity index (χ1n) is 6.67. The molecular formula is C15H26N2O3. The fraction of sp³-hybridized carbons (Fsp3) is 0.533. The number of nitrogens with one attached hydrogen (secondary N) is 2. The van der Waals surface area contributed by atoms with Crippen molar-refractivity contribution in [2.24, 2.45) is 0 Å². The van der Waals surface area contributed by atoms with Gasteiger partial charge in [0.05, 0.1) is 13.2 Å². The second-order valence-corrected chi connectivity index (χ2v) is 5.17. The summed E-state index contributed by atoms with van der Waals surface area (Å²) in [5.74, 6) is 0. The summed E-state index contributed by atoms with van der Waals surface area (Å²) in [5.41, 5.74) is 1.12. The lowest BCUT2D eigenvalue weighted by molar-refractivity contribution is 0.0532. The van der Waals surface area contributed by atoms with Crippen molar-refractivity contribution in [3.05, 3.63) is 36.2 Å². The van der Waals surface area contributed by atoms with Crippen LogP contribution in [0.25, 0.3) is 0 Å². The van der Waals surface area contributed by atoms with Crippen molar-refractivity contribution in [2.75, 3.05) is 13.2 Å². The van der Waals surface area contributed by atoms with Gasteiger partial charge in [-0.1, -0.05) is 19.6 Å². The van der Waals surface area contributed by atoms with Gasteiger partial charge in [-0.3, -0.25) is 0 Å². The highest BCUT2D eigenvalue weighted by Gasteiger charge is 2.15. The smallest absolute Gasteiger partial charge is 0.407 e. The fourth-order valence-electron chi connectivity index (χ4n) is 1.36. The van der Waals surface area contributed by atoms with E-state index in [1.807, 2.05) is 13.0 Å². The second-order valence-electron chi connectivity index (χ2n) is 5.17. The lowest BCUT2D eigenvalue weighted by Crippen LogP contribution is -2.35. The first-order valence-corrected chi connectivity index (χ1v) is 6.67. The van der Waals surface area contributed by atoms with Crippen molar-refractivity contribution >= 4 is 6.09 Å². The molecule has 0 bridgehead atoms. The fourth-order valence-corrected chi connectivity index (χ4v) is 1.36. The van der Waals surface area contributed by atoms with E-state index in [4.69, 9.17) is 9.84 Å². The highest BCUT2D eigenvalue weighted by molar-refractivity contribution is 5.68. The number of amides is 1. The van der Waals surface area contributed by atoms with Crippen molar-refractivity contribution in [2.45, 2.75) is 39.7 Å². The molecule has 0 aromatic carbocycles. The van der Waals surface area contributed by atoms with Crippen molar-refractivity contribution in [3.63, 3.8) is 0 Å². The Balaban J connectivity index is 4.50. The molecule has 3 N–H and O–H groups in total. The number of carbonyl (C=O) groups excluding carboxylic acids is 1. The zero-order valence-electron chi connectivity index (χ0n) is 12.8. The Morgan fingerprint density at radius 1 is 1.35 bits per heavy atom. The van der Waals surface area contributed by atoms with Crippen molar-refractivity contribution in [3.8, 4) is 0 Å². The normalized spacial score (nSPS) is 12.8. The van der Waals surface area contributed by atoms with Crippen LogP contribution in [0.5, 0.6) is 0 Å². The predicted molar refractivity (Wildman–Crippen MR) is 81.1 cm³/mol. The van der Waals surface area contributed by atoms with E-state index in [-0.39, 0.29) is 13.2 Å². The molecule has 5 heteroatoms. The minimum absolute atomic E-state index is 0.108. The maximum Gasteiger partial charge on any atom is 0.407 e. The van der Waals surface area contributed by atoms with E-state index in [9.17, 15) is 4.79 Å². The minimum Gasteiger partial charge on any atom is -0.444 e. The monoisotopic (exact) mass is 282 g/mol. The zero-order valence-corrected chi connectivity index (χ0v) is 12.8. The molecule has 1 amide bonds. The molecule has 0 fully saturated rings. The standard InChI is InChI=1S/C15H26N2O3/c1-6-8-12(7-2)17-13(9-10-18)11-16-14(19)20-15(3,4)5/h6,8-9,17-18H,1,7,10-11H2,2-5H3,(H,16,19)/b12-8+,13-9-. The van der Waals surface area contributed by atoms with Crippen LogP contribution >= 0.6 is 0 Å². The number of hydrogen-bond acceptors (Lipinski definition) is 4. The molecule has 0 aromatic rings. The Kier molecular flexibility index (Phi) is 8.40. The number of hydrogen-bond donors (Lipinski definition) is 3. The van der Waals surface area contributed by atoms with Crippen LogP contribution in [0, 0.1) is 0 Å². The van der Waals surface area contributed by atoms with Crippen LogP contribution in [0.4, 0.5) is 4.79 Å². The van der Waals surface area contributed by atoms with Gasteiger partial charge in [0.2, 0.25) is 0 Å². The first kappa shape index (κ1) is 18.2. The van der Waals surface area contributed by atoms with Gasteiger partial charge < -0.3 is 20.5 Å². The lowest BCUT2D eigenvalue weighted by Gasteiger charge is -2.20. The molecule has 0 heterocycles. The number of aliphatic hydroxyl groups excluding tert-OH is 1. The van der Waals surface area contributed by atoms with Gasteiger partial charge in [0.15, 0.2) is 0 Å². The molecular weight excluding hydrogens is 256 g/mol. The van der Waals surface area contributed by atoms with Crippen LogP contribution < -0.4 is 10.6 Å². The van der Waals surface area contributed by atoms with Gasteiger partial charge in [0.25, 0.3) is 0 Å². The highest BCUT2D eigenvalue weighted by Crippen LogP contribution is 2.06. The molecule has 114 valence electrons. The Labute approximate surface area is 121 Å². The van der Waals surface area contributed by atoms with E-state index in [1.165, 1.54) is 0 Å². The minimum atomic E-state index is -0.532. The largest absolute Gasteiger partial charge is 0.444 e. The van der Waals surface area contributed by atoms with E-state index in [0.717, 1.165) is 12.1 Å². The zero-order chi connectivity index (χ0) is 15.6. The predicted octanol–water partition coefficient (Wildman–Crippen LogP) is 2.46. The van der Waals surface area contributed by atoms with E-state index >= 15 is 0 Å². The molecule has 0 rings (SSSR count). The van der Waals surface area contributed by atoms with E-state index < -0.39 is 11.7 Å². The Hall–Kier alpha value is -1.75. The average molecular weight is 282 g/mol. The third kappa shape index (κ3) is 9.22. The van der Waals surface area contributed by atoms with Gasteiger partial charge in [-0.2, -0.15) is 0 Å².